The first kappa shape index (κ1) is 16.3. The summed E-state index contributed by atoms with van der Waals surface area (Å²) in [5, 5.41) is 3.61. The van der Waals surface area contributed by atoms with Crippen LogP contribution in [0.3, 0.4) is 0 Å². The molecule has 0 aliphatic heterocycles. The molecule has 1 saturated carbocycles. The summed E-state index contributed by atoms with van der Waals surface area (Å²) in [7, 11) is 1.82. The molecule has 1 aromatic carbocycles. The molecule has 2 rings (SSSR count). The van der Waals surface area contributed by atoms with Gasteiger partial charge in [-0.05, 0) is 49.9 Å². The lowest BCUT2D eigenvalue weighted by Gasteiger charge is -2.39. The lowest BCUT2D eigenvalue weighted by atomic mass is 9.83. The van der Waals surface area contributed by atoms with Gasteiger partial charge in [0.05, 0.1) is 17.7 Å². The number of rotatable bonds is 9. The van der Waals surface area contributed by atoms with Crippen molar-refractivity contribution in [3.8, 4) is 5.75 Å². The van der Waals surface area contributed by atoms with Crippen molar-refractivity contribution >= 4 is 0 Å². The van der Waals surface area contributed by atoms with Crippen LogP contribution in [0.2, 0.25) is 0 Å². The second-order valence-electron chi connectivity index (χ2n) is 5.86. The lowest BCUT2D eigenvalue weighted by molar-refractivity contribution is -0.0482. The molecule has 0 bridgehead atoms. The van der Waals surface area contributed by atoms with Crippen molar-refractivity contribution in [2.24, 2.45) is 0 Å². The summed E-state index contributed by atoms with van der Waals surface area (Å²) in [5.41, 5.74) is 1.08. The van der Waals surface area contributed by atoms with Gasteiger partial charge >= 0.3 is 0 Å². The molecule has 0 saturated heterocycles. The van der Waals surface area contributed by atoms with Crippen molar-refractivity contribution in [1.82, 2.24) is 5.32 Å². The number of methoxy groups -OCH3 is 1. The average Bonchev–Trinajstić information content (AvgIpc) is 3.32. The summed E-state index contributed by atoms with van der Waals surface area (Å²) in [5.74, 6) is 0.982. The summed E-state index contributed by atoms with van der Waals surface area (Å²) in [4.78, 5) is 0. The molecule has 0 heterocycles. The third kappa shape index (κ3) is 3.78. The van der Waals surface area contributed by atoms with Gasteiger partial charge in [0.1, 0.15) is 5.75 Å². The highest BCUT2D eigenvalue weighted by Crippen LogP contribution is 2.36. The molecule has 1 N–H and O–H groups in total. The molecule has 1 aliphatic rings. The molecule has 0 aromatic heterocycles. The number of benzene rings is 1. The largest absolute Gasteiger partial charge is 0.490 e. The SMILES string of the molecule is CCNC(c1cccc(OC2CC2)c1)C(CC)(CC)OC. The molecule has 0 amide bonds. The Kier molecular flexibility index (Phi) is 5.65. The first-order valence-corrected chi connectivity index (χ1v) is 8.24. The van der Waals surface area contributed by atoms with Crippen LogP contribution in [0, 0.1) is 0 Å². The summed E-state index contributed by atoms with van der Waals surface area (Å²) in [6.07, 6.45) is 4.76. The predicted octanol–water partition coefficient (Wildman–Crippen LogP) is 4.08. The molecule has 1 aromatic rings. The minimum atomic E-state index is -0.172. The Morgan fingerprint density at radius 2 is 1.95 bits per heavy atom. The number of likely N-dealkylation sites (N-methyl/N-ethyl adjacent to an activating group) is 1. The predicted molar refractivity (Wildman–Crippen MR) is 86.8 cm³/mol. The number of hydrogen-bond acceptors (Lipinski definition) is 3. The highest BCUT2D eigenvalue weighted by Gasteiger charge is 2.36. The van der Waals surface area contributed by atoms with Gasteiger partial charge in [0.2, 0.25) is 0 Å². The molecule has 1 aliphatic carbocycles. The van der Waals surface area contributed by atoms with Crippen molar-refractivity contribution < 1.29 is 9.47 Å². The van der Waals surface area contributed by atoms with Crippen LogP contribution in [0.25, 0.3) is 0 Å². The first-order valence-electron chi connectivity index (χ1n) is 8.24. The van der Waals surface area contributed by atoms with E-state index >= 15 is 0 Å². The van der Waals surface area contributed by atoms with Gasteiger partial charge in [0.25, 0.3) is 0 Å². The van der Waals surface area contributed by atoms with Gasteiger partial charge < -0.3 is 14.8 Å². The van der Waals surface area contributed by atoms with E-state index in [0.29, 0.717) is 6.10 Å². The highest BCUT2D eigenvalue weighted by atomic mass is 16.5. The van der Waals surface area contributed by atoms with Crippen LogP contribution in [0.4, 0.5) is 0 Å². The number of nitrogens with one attached hydrogen (secondary N) is 1. The fraction of sp³-hybridized carbons (Fsp3) is 0.667. The summed E-state index contributed by atoms with van der Waals surface area (Å²) in [6, 6.07) is 8.67. The fourth-order valence-corrected chi connectivity index (χ4v) is 3.02. The van der Waals surface area contributed by atoms with Crippen molar-refractivity contribution in [1.29, 1.82) is 0 Å². The first-order chi connectivity index (χ1) is 10.2. The second kappa shape index (κ2) is 7.28. The van der Waals surface area contributed by atoms with Crippen LogP contribution in [0.15, 0.2) is 24.3 Å². The van der Waals surface area contributed by atoms with E-state index < -0.39 is 0 Å². The van der Waals surface area contributed by atoms with Crippen molar-refractivity contribution in [2.45, 2.75) is 64.2 Å². The normalized spacial score (nSPS) is 16.8. The Labute approximate surface area is 129 Å². The van der Waals surface area contributed by atoms with Crippen LogP contribution in [-0.4, -0.2) is 25.4 Å². The second-order valence-corrected chi connectivity index (χ2v) is 5.86. The fourth-order valence-electron chi connectivity index (χ4n) is 3.02. The van der Waals surface area contributed by atoms with Gasteiger partial charge in [-0.3, -0.25) is 0 Å². The maximum absolute atomic E-state index is 5.94. The van der Waals surface area contributed by atoms with Gasteiger partial charge in [0, 0.05) is 7.11 Å². The Balaban J connectivity index is 2.27. The lowest BCUT2D eigenvalue weighted by Crippen LogP contribution is -2.44. The molecule has 21 heavy (non-hydrogen) atoms. The Hall–Kier alpha value is -1.06. The molecule has 1 fully saturated rings. The molecule has 0 radical (unpaired) electrons. The zero-order valence-electron chi connectivity index (χ0n) is 13.8. The molecule has 1 unspecified atom stereocenters. The standard InChI is InChI=1S/C18H29NO2/c1-5-18(6-2,20-4)17(19-7-3)14-9-8-10-16(13-14)21-15-11-12-15/h8-10,13,15,17,19H,5-7,11-12H2,1-4H3. The molecule has 118 valence electrons. The van der Waals surface area contributed by atoms with Crippen molar-refractivity contribution in [2.75, 3.05) is 13.7 Å². The van der Waals surface area contributed by atoms with E-state index in [1.165, 1.54) is 18.4 Å². The third-order valence-electron chi connectivity index (χ3n) is 4.56. The highest BCUT2D eigenvalue weighted by molar-refractivity contribution is 5.32. The Morgan fingerprint density at radius 1 is 1.24 bits per heavy atom. The minimum Gasteiger partial charge on any atom is -0.490 e. The smallest absolute Gasteiger partial charge is 0.120 e. The molecule has 0 spiro atoms. The van der Waals surface area contributed by atoms with E-state index in [2.05, 4.69) is 50.4 Å². The van der Waals surface area contributed by atoms with Crippen molar-refractivity contribution in [3.63, 3.8) is 0 Å². The van der Waals surface area contributed by atoms with E-state index in [1.54, 1.807) is 0 Å². The van der Waals surface area contributed by atoms with Gasteiger partial charge in [-0.2, -0.15) is 0 Å². The van der Waals surface area contributed by atoms with Crippen molar-refractivity contribution in [3.05, 3.63) is 29.8 Å². The monoisotopic (exact) mass is 291 g/mol. The van der Waals surface area contributed by atoms with Gasteiger partial charge in [-0.25, -0.2) is 0 Å². The van der Waals surface area contributed by atoms with Crippen LogP contribution in [0.1, 0.15) is 58.1 Å². The third-order valence-corrected chi connectivity index (χ3v) is 4.56. The molecule has 3 nitrogen and oxygen atoms in total. The summed E-state index contributed by atoms with van der Waals surface area (Å²) < 4.78 is 11.9. The van der Waals surface area contributed by atoms with E-state index in [-0.39, 0.29) is 11.6 Å². The molecular formula is C18H29NO2. The van der Waals surface area contributed by atoms with E-state index in [0.717, 1.165) is 25.1 Å². The van der Waals surface area contributed by atoms with Gasteiger partial charge in [0.15, 0.2) is 0 Å². The van der Waals surface area contributed by atoms with Crippen LogP contribution >= 0.6 is 0 Å². The molecule has 1 atom stereocenters. The van der Waals surface area contributed by atoms with Crippen LogP contribution in [0.5, 0.6) is 5.75 Å². The van der Waals surface area contributed by atoms with E-state index in [9.17, 15) is 0 Å². The molecule has 3 heteroatoms. The number of hydrogen-bond donors (Lipinski definition) is 1. The zero-order valence-corrected chi connectivity index (χ0v) is 13.8. The summed E-state index contributed by atoms with van der Waals surface area (Å²) in [6.45, 7) is 7.45. The maximum atomic E-state index is 5.94. The Bertz CT molecular complexity index is 430. The molecular weight excluding hydrogens is 262 g/mol. The number of ether oxygens (including phenoxy) is 2. The minimum absolute atomic E-state index is 0.172. The van der Waals surface area contributed by atoms with E-state index in [1.807, 2.05) is 7.11 Å². The summed E-state index contributed by atoms with van der Waals surface area (Å²) >= 11 is 0. The maximum Gasteiger partial charge on any atom is 0.120 e. The zero-order chi connectivity index (χ0) is 15.3. The van der Waals surface area contributed by atoms with Crippen LogP contribution in [-0.2, 0) is 4.74 Å². The topological polar surface area (TPSA) is 30.5 Å². The van der Waals surface area contributed by atoms with E-state index in [4.69, 9.17) is 9.47 Å². The van der Waals surface area contributed by atoms with Crippen LogP contribution < -0.4 is 10.1 Å². The average molecular weight is 291 g/mol. The Morgan fingerprint density at radius 3 is 2.48 bits per heavy atom. The quantitative estimate of drug-likeness (QED) is 0.743. The van der Waals surface area contributed by atoms with Gasteiger partial charge in [-0.15, -0.1) is 0 Å². The van der Waals surface area contributed by atoms with Gasteiger partial charge in [-0.1, -0.05) is 32.9 Å².